The summed E-state index contributed by atoms with van der Waals surface area (Å²) in [5, 5.41) is 0. The molecule has 2 nitrogen and oxygen atoms in total. The molecule has 0 rings (SSSR count). The van der Waals surface area contributed by atoms with Gasteiger partial charge in [0.25, 0.3) is 0 Å². The molecule has 0 aromatic heterocycles. The predicted octanol–water partition coefficient (Wildman–Crippen LogP) is 4.82. The molecule has 1 unspecified atom stereocenters. The highest BCUT2D eigenvalue weighted by Gasteiger charge is 2.34. The van der Waals surface area contributed by atoms with E-state index < -0.39 is 0 Å². The van der Waals surface area contributed by atoms with Crippen molar-refractivity contribution in [2.75, 3.05) is 13.1 Å². The van der Waals surface area contributed by atoms with Crippen LogP contribution in [0.25, 0.3) is 0 Å². The maximum Gasteiger partial charge on any atom is 0.152 e. The number of hydrogen-bond donors (Lipinski definition) is 0. The van der Waals surface area contributed by atoms with E-state index in [0.717, 1.165) is 32.4 Å². The Morgan fingerprint density at radius 1 is 0.895 bits per heavy atom. The van der Waals surface area contributed by atoms with Crippen molar-refractivity contribution in [3.63, 3.8) is 0 Å². The second-order valence-corrected chi connectivity index (χ2v) is 5.74. The summed E-state index contributed by atoms with van der Waals surface area (Å²) in [6.07, 6.45) is 9.19. The molecule has 0 aliphatic carbocycles. The van der Waals surface area contributed by atoms with Crippen molar-refractivity contribution in [1.82, 2.24) is 4.90 Å². The molecule has 0 saturated heterocycles. The van der Waals surface area contributed by atoms with Crippen LogP contribution in [0, 0.1) is 0 Å². The number of ketones is 1. The minimum atomic E-state index is -0.243. The molecule has 0 saturated carbocycles. The summed E-state index contributed by atoms with van der Waals surface area (Å²) in [5.74, 6) is 0.439. The number of unbranched alkanes of at least 4 members (excludes halogenated alkanes) is 5. The topological polar surface area (TPSA) is 20.3 Å². The third kappa shape index (κ3) is 6.07. The first-order valence-corrected chi connectivity index (χ1v) is 8.35. The third-order valence-electron chi connectivity index (χ3n) is 4.51. The van der Waals surface area contributed by atoms with Crippen molar-refractivity contribution in [2.24, 2.45) is 0 Å². The zero-order valence-electron chi connectivity index (χ0n) is 13.9. The van der Waals surface area contributed by atoms with Gasteiger partial charge in [0.05, 0.1) is 5.54 Å². The minimum absolute atomic E-state index is 0.243. The molecule has 0 N–H and O–H groups in total. The van der Waals surface area contributed by atoms with Crippen molar-refractivity contribution >= 4 is 5.78 Å². The molecule has 0 radical (unpaired) electrons. The molecule has 0 spiro atoms. The molecule has 0 bridgehead atoms. The summed E-state index contributed by atoms with van der Waals surface area (Å²) in [5.41, 5.74) is -0.243. The lowest BCUT2D eigenvalue weighted by molar-refractivity contribution is -0.130. The van der Waals surface area contributed by atoms with E-state index in [0.29, 0.717) is 5.78 Å². The van der Waals surface area contributed by atoms with Gasteiger partial charge in [0.1, 0.15) is 0 Å². The molecule has 114 valence electrons. The highest BCUT2D eigenvalue weighted by atomic mass is 16.1. The lowest BCUT2D eigenvalue weighted by Gasteiger charge is -2.38. The first-order valence-electron chi connectivity index (χ1n) is 8.35. The molecule has 0 aliphatic heterocycles. The smallest absolute Gasteiger partial charge is 0.152 e. The van der Waals surface area contributed by atoms with Crippen molar-refractivity contribution in [1.29, 1.82) is 0 Å². The first-order chi connectivity index (χ1) is 9.06. The summed E-state index contributed by atoms with van der Waals surface area (Å²) in [4.78, 5) is 14.8. The summed E-state index contributed by atoms with van der Waals surface area (Å²) in [6, 6.07) is 0. The van der Waals surface area contributed by atoms with Crippen molar-refractivity contribution in [3.05, 3.63) is 0 Å². The Bertz CT molecular complexity index is 235. The molecule has 19 heavy (non-hydrogen) atoms. The molecule has 0 heterocycles. The van der Waals surface area contributed by atoms with Gasteiger partial charge in [0, 0.05) is 6.42 Å². The summed E-state index contributed by atoms with van der Waals surface area (Å²) >= 11 is 0. The average Bonchev–Trinajstić information content (AvgIpc) is 2.43. The van der Waals surface area contributed by atoms with Gasteiger partial charge in [-0.05, 0) is 32.9 Å². The van der Waals surface area contributed by atoms with Crippen LogP contribution in [0.5, 0.6) is 0 Å². The van der Waals surface area contributed by atoms with E-state index in [1.165, 1.54) is 32.1 Å². The SMILES string of the molecule is CCCCCCCCC(=O)C(C)(CC)N(CC)CC. The summed E-state index contributed by atoms with van der Waals surface area (Å²) in [7, 11) is 0. The molecule has 0 fully saturated rings. The van der Waals surface area contributed by atoms with Crippen molar-refractivity contribution < 1.29 is 4.79 Å². The zero-order chi connectivity index (χ0) is 14.7. The van der Waals surface area contributed by atoms with Crippen LogP contribution in [-0.4, -0.2) is 29.3 Å². The van der Waals surface area contributed by atoms with E-state index in [-0.39, 0.29) is 5.54 Å². The number of carbonyl (C=O) groups excluding carboxylic acids is 1. The number of rotatable bonds is 12. The average molecular weight is 269 g/mol. The Labute approximate surface area is 120 Å². The molecular weight excluding hydrogens is 234 g/mol. The van der Waals surface area contributed by atoms with Gasteiger partial charge in [-0.2, -0.15) is 0 Å². The predicted molar refractivity (Wildman–Crippen MR) is 84.6 cm³/mol. The molecule has 0 aromatic carbocycles. The number of likely N-dealkylation sites (N-methyl/N-ethyl adjacent to an activating group) is 1. The van der Waals surface area contributed by atoms with Crippen molar-refractivity contribution in [2.45, 2.75) is 91.5 Å². The van der Waals surface area contributed by atoms with E-state index in [1.54, 1.807) is 0 Å². The second-order valence-electron chi connectivity index (χ2n) is 5.74. The van der Waals surface area contributed by atoms with E-state index in [9.17, 15) is 4.79 Å². The molecular formula is C17H35NO. The van der Waals surface area contributed by atoms with Gasteiger partial charge >= 0.3 is 0 Å². The first kappa shape index (κ1) is 18.6. The van der Waals surface area contributed by atoms with Gasteiger partial charge in [-0.3, -0.25) is 9.69 Å². The highest BCUT2D eigenvalue weighted by molar-refractivity contribution is 5.87. The minimum Gasteiger partial charge on any atom is -0.298 e. The Balaban J connectivity index is 4.14. The fourth-order valence-electron chi connectivity index (χ4n) is 2.85. The Hall–Kier alpha value is -0.370. The standard InChI is InChI=1S/C17H35NO/c1-6-10-11-12-13-14-15-16(19)17(5,7-2)18(8-3)9-4/h6-15H2,1-5H3. The van der Waals surface area contributed by atoms with Crippen LogP contribution in [0.1, 0.15) is 86.0 Å². The van der Waals surface area contributed by atoms with E-state index in [1.807, 2.05) is 0 Å². The fraction of sp³-hybridized carbons (Fsp3) is 0.941. The van der Waals surface area contributed by atoms with Crippen LogP contribution in [0.2, 0.25) is 0 Å². The van der Waals surface area contributed by atoms with Gasteiger partial charge in [-0.1, -0.05) is 59.8 Å². The fourth-order valence-corrected chi connectivity index (χ4v) is 2.85. The lowest BCUT2D eigenvalue weighted by atomic mass is 9.87. The lowest BCUT2D eigenvalue weighted by Crippen LogP contribution is -2.51. The summed E-state index contributed by atoms with van der Waals surface area (Å²) in [6.45, 7) is 12.7. The second kappa shape index (κ2) is 10.4. The van der Waals surface area contributed by atoms with E-state index >= 15 is 0 Å². The number of Topliss-reactive ketones (excluding diaryl/α,β-unsaturated/α-hetero) is 1. The van der Waals surface area contributed by atoms with Crippen LogP contribution in [0.15, 0.2) is 0 Å². The van der Waals surface area contributed by atoms with Crippen LogP contribution in [-0.2, 0) is 4.79 Å². The van der Waals surface area contributed by atoms with Crippen LogP contribution in [0.3, 0.4) is 0 Å². The monoisotopic (exact) mass is 269 g/mol. The number of carbonyl (C=O) groups is 1. The Morgan fingerprint density at radius 2 is 1.42 bits per heavy atom. The maximum absolute atomic E-state index is 12.5. The van der Waals surface area contributed by atoms with Crippen LogP contribution < -0.4 is 0 Å². The van der Waals surface area contributed by atoms with Crippen LogP contribution >= 0.6 is 0 Å². The quantitative estimate of drug-likeness (QED) is 0.474. The normalized spacial score (nSPS) is 14.6. The highest BCUT2D eigenvalue weighted by Crippen LogP contribution is 2.23. The largest absolute Gasteiger partial charge is 0.298 e. The van der Waals surface area contributed by atoms with Crippen molar-refractivity contribution in [3.8, 4) is 0 Å². The zero-order valence-corrected chi connectivity index (χ0v) is 13.9. The summed E-state index contributed by atoms with van der Waals surface area (Å²) < 4.78 is 0. The van der Waals surface area contributed by atoms with Crippen LogP contribution in [0.4, 0.5) is 0 Å². The molecule has 0 amide bonds. The molecule has 0 aliphatic rings. The van der Waals surface area contributed by atoms with Gasteiger partial charge in [0.15, 0.2) is 5.78 Å². The Kier molecular flexibility index (Phi) is 10.2. The molecule has 2 heteroatoms. The Morgan fingerprint density at radius 3 is 1.89 bits per heavy atom. The van der Waals surface area contributed by atoms with Gasteiger partial charge in [-0.15, -0.1) is 0 Å². The van der Waals surface area contributed by atoms with Gasteiger partial charge in [0.2, 0.25) is 0 Å². The molecule has 1 atom stereocenters. The van der Waals surface area contributed by atoms with Gasteiger partial charge in [-0.25, -0.2) is 0 Å². The van der Waals surface area contributed by atoms with E-state index in [2.05, 4.69) is 39.5 Å². The maximum atomic E-state index is 12.5. The van der Waals surface area contributed by atoms with Gasteiger partial charge < -0.3 is 0 Å². The van der Waals surface area contributed by atoms with E-state index in [4.69, 9.17) is 0 Å². The number of nitrogens with zero attached hydrogens (tertiary/aromatic N) is 1. The number of hydrogen-bond acceptors (Lipinski definition) is 2. The third-order valence-corrected chi connectivity index (χ3v) is 4.51. The molecule has 0 aromatic rings.